The molecule has 0 saturated carbocycles. The molecule has 0 fully saturated rings. The highest BCUT2D eigenvalue weighted by Gasteiger charge is 2.05. The van der Waals surface area contributed by atoms with E-state index in [-0.39, 0.29) is 12.6 Å². The van der Waals surface area contributed by atoms with Crippen molar-refractivity contribution in [3.63, 3.8) is 0 Å². The molecule has 1 aromatic carbocycles. The predicted molar refractivity (Wildman–Crippen MR) is 67.0 cm³/mol. The third kappa shape index (κ3) is 3.07. The molecule has 5 heteroatoms. The van der Waals surface area contributed by atoms with Gasteiger partial charge in [0.25, 0.3) is 5.89 Å². The van der Waals surface area contributed by atoms with Crippen LogP contribution < -0.4 is 10.5 Å². The Labute approximate surface area is 106 Å². The van der Waals surface area contributed by atoms with E-state index in [1.807, 2.05) is 24.3 Å². The summed E-state index contributed by atoms with van der Waals surface area (Å²) >= 11 is 0. The van der Waals surface area contributed by atoms with Crippen molar-refractivity contribution in [1.82, 2.24) is 10.2 Å². The third-order valence-electron chi connectivity index (χ3n) is 2.68. The van der Waals surface area contributed by atoms with Crippen LogP contribution in [0.25, 0.3) is 0 Å². The van der Waals surface area contributed by atoms with E-state index < -0.39 is 0 Å². The first-order chi connectivity index (χ1) is 8.69. The smallest absolute Gasteiger partial charge is 0.253 e. The van der Waals surface area contributed by atoms with E-state index in [1.54, 1.807) is 6.92 Å². The minimum Gasteiger partial charge on any atom is -0.484 e. The number of benzene rings is 1. The van der Waals surface area contributed by atoms with Crippen LogP contribution in [-0.4, -0.2) is 10.2 Å². The predicted octanol–water partition coefficient (Wildman–Crippen LogP) is 2.37. The van der Waals surface area contributed by atoms with Gasteiger partial charge in [-0.15, -0.1) is 10.2 Å². The molecule has 0 radical (unpaired) electrons. The fourth-order valence-corrected chi connectivity index (χ4v) is 1.59. The van der Waals surface area contributed by atoms with Crippen LogP contribution >= 0.6 is 0 Å². The van der Waals surface area contributed by atoms with Crippen LogP contribution in [0.15, 0.2) is 28.7 Å². The van der Waals surface area contributed by atoms with Gasteiger partial charge in [0.05, 0.1) is 0 Å². The Hall–Kier alpha value is -1.88. The molecule has 0 bridgehead atoms. The van der Waals surface area contributed by atoms with Crippen molar-refractivity contribution in [3.8, 4) is 5.75 Å². The first-order valence-corrected chi connectivity index (χ1v) is 5.96. The molecule has 0 aliphatic carbocycles. The molecule has 0 aliphatic heterocycles. The number of hydrogen-bond acceptors (Lipinski definition) is 5. The zero-order chi connectivity index (χ0) is 13.0. The molecule has 18 heavy (non-hydrogen) atoms. The van der Waals surface area contributed by atoms with Crippen molar-refractivity contribution in [2.24, 2.45) is 5.73 Å². The first-order valence-electron chi connectivity index (χ1n) is 5.96. The van der Waals surface area contributed by atoms with E-state index >= 15 is 0 Å². The number of ether oxygens (including phenoxy) is 1. The van der Waals surface area contributed by atoms with E-state index in [0.29, 0.717) is 11.8 Å². The number of nitrogens with zero attached hydrogens (tertiary/aromatic N) is 2. The quantitative estimate of drug-likeness (QED) is 0.877. The normalized spacial score (nSPS) is 12.4. The maximum Gasteiger partial charge on any atom is 0.253 e. The average molecular weight is 247 g/mol. The number of aryl methyl sites for hydroxylation is 1. The highest BCUT2D eigenvalue weighted by molar-refractivity contribution is 5.28. The topological polar surface area (TPSA) is 74.2 Å². The van der Waals surface area contributed by atoms with E-state index in [4.69, 9.17) is 14.9 Å². The Balaban J connectivity index is 1.94. The minimum absolute atomic E-state index is 0.0811. The van der Waals surface area contributed by atoms with Gasteiger partial charge >= 0.3 is 0 Å². The Bertz CT molecular complexity index is 493. The summed E-state index contributed by atoms with van der Waals surface area (Å²) in [5.74, 6) is 1.78. The van der Waals surface area contributed by atoms with Gasteiger partial charge in [0, 0.05) is 13.0 Å². The molecular weight excluding hydrogens is 230 g/mol. The Morgan fingerprint density at radius 1 is 1.28 bits per heavy atom. The second-order valence-corrected chi connectivity index (χ2v) is 4.09. The summed E-state index contributed by atoms with van der Waals surface area (Å²) in [6, 6.07) is 7.82. The zero-order valence-corrected chi connectivity index (χ0v) is 10.6. The fraction of sp³-hybridized carbons (Fsp3) is 0.385. The molecule has 96 valence electrons. The highest BCUT2D eigenvalue weighted by Crippen LogP contribution is 2.18. The molecule has 2 N–H and O–H groups in total. The molecule has 0 saturated heterocycles. The monoisotopic (exact) mass is 247 g/mol. The van der Waals surface area contributed by atoms with Gasteiger partial charge in [-0.2, -0.15) is 0 Å². The molecular formula is C13H17N3O2. The van der Waals surface area contributed by atoms with E-state index in [9.17, 15) is 0 Å². The first kappa shape index (κ1) is 12.6. The molecule has 1 aromatic heterocycles. The third-order valence-corrected chi connectivity index (χ3v) is 2.68. The van der Waals surface area contributed by atoms with Crippen LogP contribution in [-0.2, 0) is 6.61 Å². The lowest BCUT2D eigenvalue weighted by molar-refractivity contribution is 0.260. The van der Waals surface area contributed by atoms with Gasteiger partial charge in [0.2, 0.25) is 5.89 Å². The van der Waals surface area contributed by atoms with Gasteiger partial charge in [0.15, 0.2) is 6.61 Å². The van der Waals surface area contributed by atoms with Crippen LogP contribution in [0.3, 0.4) is 0 Å². The second kappa shape index (κ2) is 5.64. The zero-order valence-electron chi connectivity index (χ0n) is 10.6. The summed E-state index contributed by atoms with van der Waals surface area (Å²) in [6.07, 6.45) is 0.918. The number of aromatic nitrogens is 2. The van der Waals surface area contributed by atoms with Crippen molar-refractivity contribution in [3.05, 3.63) is 41.6 Å². The lowest BCUT2D eigenvalue weighted by Gasteiger charge is -2.10. The Morgan fingerprint density at radius 3 is 2.56 bits per heavy atom. The maximum atomic E-state index is 5.94. The second-order valence-electron chi connectivity index (χ2n) is 4.09. The van der Waals surface area contributed by atoms with E-state index in [2.05, 4.69) is 17.1 Å². The van der Waals surface area contributed by atoms with Crippen LogP contribution in [0, 0.1) is 6.92 Å². The summed E-state index contributed by atoms with van der Waals surface area (Å²) in [7, 11) is 0. The van der Waals surface area contributed by atoms with Crippen LogP contribution in [0.4, 0.5) is 0 Å². The fourth-order valence-electron chi connectivity index (χ4n) is 1.59. The standard InChI is InChI=1S/C13H17N3O2/c1-3-12(14)10-4-6-11(7-5-10)17-8-13-16-15-9(2)18-13/h4-7,12H,3,8,14H2,1-2H3/t12-/m0/s1. The number of rotatable bonds is 5. The number of nitrogens with two attached hydrogens (primary N) is 1. The van der Waals surface area contributed by atoms with Gasteiger partial charge in [0.1, 0.15) is 5.75 Å². The summed E-state index contributed by atoms with van der Waals surface area (Å²) in [5.41, 5.74) is 7.05. The maximum absolute atomic E-state index is 5.94. The molecule has 1 atom stereocenters. The minimum atomic E-state index is 0.0811. The van der Waals surface area contributed by atoms with Crippen molar-refractivity contribution in [2.45, 2.75) is 32.9 Å². The molecule has 5 nitrogen and oxygen atoms in total. The van der Waals surface area contributed by atoms with Crippen LogP contribution in [0.2, 0.25) is 0 Å². The van der Waals surface area contributed by atoms with E-state index in [1.165, 1.54) is 0 Å². The van der Waals surface area contributed by atoms with Gasteiger partial charge in [-0.3, -0.25) is 0 Å². The average Bonchev–Trinajstić information content (AvgIpc) is 2.82. The summed E-state index contributed by atoms with van der Waals surface area (Å²) in [6.45, 7) is 4.09. The molecule has 2 rings (SSSR count). The van der Waals surface area contributed by atoms with Crippen molar-refractivity contribution < 1.29 is 9.15 Å². The largest absolute Gasteiger partial charge is 0.484 e. The van der Waals surface area contributed by atoms with E-state index in [0.717, 1.165) is 17.7 Å². The lowest BCUT2D eigenvalue weighted by atomic mass is 10.1. The Kier molecular flexibility index (Phi) is 3.94. The highest BCUT2D eigenvalue weighted by atomic mass is 16.5. The SMILES string of the molecule is CC[C@H](N)c1ccc(OCc2nnc(C)o2)cc1. The number of hydrogen-bond donors (Lipinski definition) is 1. The summed E-state index contributed by atoms with van der Waals surface area (Å²) in [5, 5.41) is 7.59. The molecule has 0 spiro atoms. The van der Waals surface area contributed by atoms with Gasteiger partial charge < -0.3 is 14.9 Å². The Morgan fingerprint density at radius 2 is 2.00 bits per heavy atom. The van der Waals surface area contributed by atoms with Crippen molar-refractivity contribution in [2.75, 3.05) is 0 Å². The van der Waals surface area contributed by atoms with Gasteiger partial charge in [-0.05, 0) is 24.1 Å². The summed E-state index contributed by atoms with van der Waals surface area (Å²) < 4.78 is 10.8. The van der Waals surface area contributed by atoms with Crippen molar-refractivity contribution in [1.29, 1.82) is 0 Å². The van der Waals surface area contributed by atoms with Gasteiger partial charge in [-0.1, -0.05) is 19.1 Å². The van der Waals surface area contributed by atoms with Crippen LogP contribution in [0.1, 0.15) is 36.7 Å². The van der Waals surface area contributed by atoms with Crippen LogP contribution in [0.5, 0.6) is 5.75 Å². The van der Waals surface area contributed by atoms with Crippen molar-refractivity contribution >= 4 is 0 Å². The molecule has 2 aromatic rings. The molecule has 0 amide bonds. The summed E-state index contributed by atoms with van der Waals surface area (Å²) in [4.78, 5) is 0. The van der Waals surface area contributed by atoms with Gasteiger partial charge in [-0.25, -0.2) is 0 Å². The molecule has 0 aliphatic rings. The lowest BCUT2D eigenvalue weighted by Crippen LogP contribution is -2.08. The molecule has 0 unspecified atom stereocenters. The molecule has 1 heterocycles.